The normalized spacial score (nSPS) is 16.3. The smallest absolute Gasteiger partial charge is 0.508 e. The predicted molar refractivity (Wildman–Crippen MR) is 178 cm³/mol. The number of allylic oxidation sites excluding steroid dienone is 7. The van der Waals surface area contributed by atoms with Gasteiger partial charge in [0.2, 0.25) is 0 Å². The van der Waals surface area contributed by atoms with Crippen LogP contribution >= 0.6 is 23.2 Å². The van der Waals surface area contributed by atoms with Crippen molar-refractivity contribution in [2.45, 2.75) is 52.9 Å². The summed E-state index contributed by atoms with van der Waals surface area (Å²) in [6, 6.07) is 12.3. The summed E-state index contributed by atoms with van der Waals surface area (Å²) in [4.78, 5) is 5.11. The van der Waals surface area contributed by atoms with Crippen molar-refractivity contribution in [1.82, 2.24) is 4.48 Å². The Labute approximate surface area is 262 Å². The Morgan fingerprint density at radius 1 is 1.09 bits per heavy atom. The molecule has 2 aliphatic rings. The Bertz CT molecular complexity index is 1740. The van der Waals surface area contributed by atoms with Crippen molar-refractivity contribution in [2.75, 3.05) is 0 Å². The van der Waals surface area contributed by atoms with E-state index in [0.29, 0.717) is 35.4 Å². The fourth-order valence-electron chi connectivity index (χ4n) is 6.13. The summed E-state index contributed by atoms with van der Waals surface area (Å²) in [7, 11) is -2.85. The number of phenolic OH excluding ortho intramolecular Hbond substituents is 1. The van der Waals surface area contributed by atoms with Gasteiger partial charge in [-0.05, 0) is 85.6 Å². The van der Waals surface area contributed by atoms with Crippen LogP contribution in [0.15, 0.2) is 101 Å². The molecule has 43 heavy (non-hydrogen) atoms. The number of hydrogen-bond acceptors (Lipinski definition) is 2. The van der Waals surface area contributed by atoms with Gasteiger partial charge in [0.25, 0.3) is 0 Å². The molecule has 0 atom stereocenters. The van der Waals surface area contributed by atoms with Crippen molar-refractivity contribution in [3.05, 3.63) is 128 Å². The molecule has 3 aromatic rings. The van der Waals surface area contributed by atoms with Gasteiger partial charge in [0.1, 0.15) is 5.75 Å². The molecule has 0 unspecified atom stereocenters. The highest BCUT2D eigenvalue weighted by Crippen LogP contribution is 2.45. The number of aliphatic imine (C=N–C) groups is 1. The first-order valence-corrected chi connectivity index (χ1v) is 15.3. The van der Waals surface area contributed by atoms with Gasteiger partial charge in [-0.3, -0.25) is 8.63 Å². The molecule has 0 spiro atoms. The molecule has 5 rings (SSSR count). The monoisotopic (exact) mass is 616 g/mol. The minimum absolute atomic E-state index is 0.116. The second kappa shape index (κ2) is 12.9. The number of aromatic nitrogens is 1. The molecule has 8 heteroatoms. The summed E-state index contributed by atoms with van der Waals surface area (Å²) in [5.74, 6) is -0.116. The third-order valence-electron chi connectivity index (χ3n) is 8.05. The molecule has 2 heterocycles. The van der Waals surface area contributed by atoms with E-state index in [4.69, 9.17) is 28.2 Å². The van der Waals surface area contributed by atoms with Crippen molar-refractivity contribution >= 4 is 41.9 Å². The van der Waals surface area contributed by atoms with Crippen LogP contribution in [0.4, 0.5) is 8.63 Å². The molecule has 1 N–H and O–H groups in total. The van der Waals surface area contributed by atoms with Crippen LogP contribution in [0, 0.1) is 0 Å². The first-order chi connectivity index (χ1) is 20.7. The number of nitrogens with zero attached hydrogens (tertiary/aromatic N) is 2. The van der Waals surface area contributed by atoms with Crippen molar-refractivity contribution < 1.29 is 13.7 Å². The van der Waals surface area contributed by atoms with Crippen LogP contribution in [0.2, 0.25) is 10.0 Å². The van der Waals surface area contributed by atoms with Gasteiger partial charge in [-0.15, -0.1) is 0 Å². The zero-order valence-corrected chi connectivity index (χ0v) is 26.0. The number of halogens is 4. The van der Waals surface area contributed by atoms with E-state index in [1.54, 1.807) is 0 Å². The highest BCUT2D eigenvalue weighted by atomic mass is 35.5. The number of rotatable bonds is 8. The van der Waals surface area contributed by atoms with E-state index < -0.39 is 7.40 Å². The SMILES string of the molecule is C=C/C(CC)=C(\C=C/C)C1=N/C(=C(/c2c(Cl)cc(O)cc2Cl)c2cc3c(n2B(F)F)-c2ccccc2CCC3)C=C1CC. The molecule has 1 aliphatic heterocycles. The summed E-state index contributed by atoms with van der Waals surface area (Å²) in [5, 5.41) is 10.5. The van der Waals surface area contributed by atoms with Crippen LogP contribution in [0.1, 0.15) is 62.4 Å². The van der Waals surface area contributed by atoms with Gasteiger partial charge in [-0.25, -0.2) is 4.99 Å². The largest absolute Gasteiger partial charge is 0.678 e. The molecule has 220 valence electrons. The summed E-state index contributed by atoms with van der Waals surface area (Å²) in [5.41, 5.74) is 8.32. The van der Waals surface area contributed by atoms with Crippen LogP contribution in [0.3, 0.4) is 0 Å². The summed E-state index contributed by atoms with van der Waals surface area (Å²) < 4.78 is 31.7. The molecule has 0 radical (unpaired) electrons. The lowest BCUT2D eigenvalue weighted by atomic mass is 9.94. The Kier molecular flexibility index (Phi) is 9.29. The van der Waals surface area contributed by atoms with Crippen LogP contribution in [-0.4, -0.2) is 22.7 Å². The third-order valence-corrected chi connectivity index (χ3v) is 8.65. The first-order valence-electron chi connectivity index (χ1n) is 14.6. The van der Waals surface area contributed by atoms with Gasteiger partial charge in [-0.1, -0.05) is 86.1 Å². The van der Waals surface area contributed by atoms with E-state index in [1.165, 1.54) is 12.1 Å². The quantitative estimate of drug-likeness (QED) is 0.198. The van der Waals surface area contributed by atoms with Crippen LogP contribution in [0.25, 0.3) is 16.8 Å². The molecule has 2 aromatic carbocycles. The number of aromatic hydroxyl groups is 1. The number of aryl methyl sites for hydroxylation is 2. The van der Waals surface area contributed by atoms with Crippen molar-refractivity contribution in [1.29, 1.82) is 0 Å². The zero-order chi connectivity index (χ0) is 30.8. The highest BCUT2D eigenvalue weighted by molar-refractivity contribution is 6.43. The number of hydrogen-bond donors (Lipinski definition) is 1. The Morgan fingerprint density at radius 2 is 1.79 bits per heavy atom. The minimum atomic E-state index is -2.85. The predicted octanol–water partition coefficient (Wildman–Crippen LogP) is 10.4. The lowest BCUT2D eigenvalue weighted by Crippen LogP contribution is -2.18. The average molecular weight is 617 g/mol. The Morgan fingerprint density at radius 3 is 2.42 bits per heavy atom. The molecular formula is C35H33BCl2F2N2O. The second-order valence-corrected chi connectivity index (χ2v) is 11.4. The minimum Gasteiger partial charge on any atom is -0.508 e. The lowest BCUT2D eigenvalue weighted by molar-refractivity contribution is 0.475. The van der Waals surface area contributed by atoms with Gasteiger partial charge in [0.15, 0.2) is 0 Å². The van der Waals surface area contributed by atoms with E-state index in [1.807, 2.05) is 68.5 Å². The van der Waals surface area contributed by atoms with E-state index in [-0.39, 0.29) is 21.5 Å². The van der Waals surface area contributed by atoms with Gasteiger partial charge in [0, 0.05) is 33.7 Å². The maximum absolute atomic E-state index is 15.3. The summed E-state index contributed by atoms with van der Waals surface area (Å²) in [6.07, 6.45) is 11.4. The summed E-state index contributed by atoms with van der Waals surface area (Å²) >= 11 is 13.5. The van der Waals surface area contributed by atoms with E-state index in [2.05, 4.69) is 13.5 Å². The molecule has 0 saturated heterocycles. The zero-order valence-electron chi connectivity index (χ0n) is 24.5. The number of phenols is 1. The van der Waals surface area contributed by atoms with Gasteiger partial charge in [0.05, 0.1) is 21.5 Å². The number of fused-ring (bicyclic) bond motifs is 3. The third kappa shape index (κ3) is 5.71. The van der Waals surface area contributed by atoms with Gasteiger partial charge >= 0.3 is 7.40 Å². The van der Waals surface area contributed by atoms with Crippen LogP contribution in [0.5, 0.6) is 5.75 Å². The molecule has 1 aliphatic carbocycles. The van der Waals surface area contributed by atoms with Crippen molar-refractivity contribution in [3.63, 3.8) is 0 Å². The van der Waals surface area contributed by atoms with Crippen molar-refractivity contribution in [2.24, 2.45) is 4.99 Å². The Hall–Kier alpha value is -3.61. The molecule has 0 amide bonds. The maximum atomic E-state index is 15.3. The van der Waals surface area contributed by atoms with Crippen LogP contribution in [-0.2, 0) is 12.8 Å². The number of benzene rings is 2. The first kappa shape index (κ1) is 30.8. The fraction of sp³-hybridized carbons (Fsp3) is 0.229. The lowest BCUT2D eigenvalue weighted by Gasteiger charge is -2.18. The van der Waals surface area contributed by atoms with E-state index in [0.717, 1.165) is 62.9 Å². The summed E-state index contributed by atoms with van der Waals surface area (Å²) in [6.45, 7) is 10.1. The Balaban J connectivity index is 1.92. The topological polar surface area (TPSA) is 37.5 Å². The van der Waals surface area contributed by atoms with Gasteiger partial charge < -0.3 is 9.58 Å². The van der Waals surface area contributed by atoms with Gasteiger partial charge in [-0.2, -0.15) is 0 Å². The van der Waals surface area contributed by atoms with Crippen molar-refractivity contribution in [3.8, 4) is 17.0 Å². The standard InChI is InChI=1S/C35H33BCl2F2N2O/c1-5-12-26(21(6-2)7-3)34-22(8-4)17-30(41-34)33(32-28(37)19-25(43)20-29(32)38)31-18-24-15-11-14-23-13-9-10-16-27(23)35(24)42(31)36(39)40/h5-6,9-10,12-13,16-20,43H,2,7-8,11,14-15H2,1,3-4H3/b12-5-,26-21-,33-30+. The maximum Gasteiger partial charge on any atom is 0.678 e. The van der Waals surface area contributed by atoms with Crippen LogP contribution < -0.4 is 0 Å². The molecular weight excluding hydrogens is 584 g/mol. The fourth-order valence-corrected chi connectivity index (χ4v) is 6.79. The molecule has 0 fully saturated rings. The second-order valence-electron chi connectivity index (χ2n) is 10.6. The average Bonchev–Trinajstić information content (AvgIpc) is 3.52. The van der Waals surface area contributed by atoms with E-state index >= 15 is 8.63 Å². The molecule has 3 nitrogen and oxygen atoms in total. The molecule has 0 bridgehead atoms. The molecule has 1 aromatic heterocycles. The highest BCUT2D eigenvalue weighted by Gasteiger charge is 2.34. The molecule has 0 saturated carbocycles. The van der Waals surface area contributed by atoms with E-state index in [9.17, 15) is 5.11 Å².